The van der Waals surface area contributed by atoms with Gasteiger partial charge in [-0.05, 0) is 30.7 Å². The number of aromatic nitrogens is 4. The number of rotatable bonds is 8. The minimum atomic E-state index is -4.60. The molecule has 2 heterocycles. The van der Waals surface area contributed by atoms with Gasteiger partial charge in [0.25, 0.3) is 0 Å². The number of aliphatic hydroxyl groups is 1. The third-order valence-electron chi connectivity index (χ3n) is 6.75. The summed E-state index contributed by atoms with van der Waals surface area (Å²) < 4.78 is 44.0. The van der Waals surface area contributed by atoms with Gasteiger partial charge in [-0.3, -0.25) is 9.13 Å². The zero-order valence-electron chi connectivity index (χ0n) is 22.8. The molecule has 2 aromatic heterocycles. The second kappa shape index (κ2) is 11.5. The number of hydrogen-bond donors (Lipinski definition) is 1. The van der Waals surface area contributed by atoms with Gasteiger partial charge in [-0.1, -0.05) is 62.4 Å². The highest BCUT2D eigenvalue weighted by Crippen LogP contribution is 2.31. The first-order valence-electron chi connectivity index (χ1n) is 12.7. The molecule has 0 aliphatic rings. The van der Waals surface area contributed by atoms with Crippen molar-refractivity contribution in [1.82, 2.24) is 18.7 Å². The van der Waals surface area contributed by atoms with Crippen LogP contribution >= 0.6 is 0 Å². The van der Waals surface area contributed by atoms with Crippen molar-refractivity contribution in [2.75, 3.05) is 6.61 Å². The highest BCUT2D eigenvalue weighted by atomic mass is 19.4. The van der Waals surface area contributed by atoms with Crippen LogP contribution in [0.3, 0.4) is 0 Å². The summed E-state index contributed by atoms with van der Waals surface area (Å²) in [5, 5.41) is 9.30. The van der Waals surface area contributed by atoms with Crippen LogP contribution in [0.1, 0.15) is 47.8 Å². The molecular weight excluding hydrogens is 521 g/mol. The van der Waals surface area contributed by atoms with E-state index in [1.165, 1.54) is 13.7 Å². The van der Waals surface area contributed by atoms with Gasteiger partial charge in [0.05, 0.1) is 18.8 Å². The van der Waals surface area contributed by atoms with Gasteiger partial charge in [-0.15, -0.1) is 0 Å². The largest absolute Gasteiger partial charge is 0.434 e. The molecule has 4 rings (SSSR count). The van der Waals surface area contributed by atoms with E-state index in [4.69, 9.17) is 4.99 Å². The molecule has 4 aromatic rings. The summed E-state index contributed by atoms with van der Waals surface area (Å²) in [5.74, 6) is 1.15. The lowest BCUT2D eigenvalue weighted by molar-refractivity contribution is -0.140. The van der Waals surface area contributed by atoms with E-state index in [9.17, 15) is 23.1 Å². The summed E-state index contributed by atoms with van der Waals surface area (Å²) in [6, 6.07) is 14.5. The summed E-state index contributed by atoms with van der Waals surface area (Å²) in [6.45, 7) is 9.48. The monoisotopic (exact) mass is 552 g/mol. The number of aliphatic hydroxyl groups excluding tert-OH is 1. The molecule has 0 fully saturated rings. The maximum absolute atomic E-state index is 13.2. The minimum absolute atomic E-state index is 0.0280. The van der Waals surface area contributed by atoms with Gasteiger partial charge < -0.3 is 9.67 Å². The van der Waals surface area contributed by atoms with Crippen LogP contribution < -0.4 is 5.69 Å². The highest BCUT2D eigenvalue weighted by molar-refractivity contribution is 6.04. The third-order valence-corrected chi connectivity index (χ3v) is 6.75. The number of aliphatic imine (C=N–C) groups is 2. The standard InChI is InChI=1S/C29H31F3N6O2/c1-18(2)22-8-6-7-9-23(22)25(33-4)35-26-19(3)36(5)28(40)38(26)16-20-10-12-21(13-11-20)27-34-24(29(30,31)32)17-37(27)14-15-39/h6-13,17-18,39H,4,14-16H2,1-3,5H3. The molecule has 0 saturated carbocycles. The van der Waals surface area contributed by atoms with E-state index in [1.807, 2.05) is 24.3 Å². The molecule has 40 heavy (non-hydrogen) atoms. The molecule has 0 aliphatic carbocycles. The number of nitrogens with zero attached hydrogens (tertiary/aromatic N) is 6. The lowest BCUT2D eigenvalue weighted by Gasteiger charge is -2.13. The summed E-state index contributed by atoms with van der Waals surface area (Å²) in [5.41, 5.74) is 2.42. The van der Waals surface area contributed by atoms with Gasteiger partial charge in [-0.25, -0.2) is 19.8 Å². The molecule has 11 heteroatoms. The normalized spacial score (nSPS) is 12.4. The summed E-state index contributed by atoms with van der Waals surface area (Å²) in [4.78, 5) is 25.9. The lowest BCUT2D eigenvalue weighted by Crippen LogP contribution is -2.23. The number of alkyl halides is 3. The predicted molar refractivity (Wildman–Crippen MR) is 150 cm³/mol. The van der Waals surface area contributed by atoms with E-state index in [0.29, 0.717) is 22.9 Å². The van der Waals surface area contributed by atoms with Crippen molar-refractivity contribution in [1.29, 1.82) is 0 Å². The fourth-order valence-electron chi connectivity index (χ4n) is 4.53. The van der Waals surface area contributed by atoms with E-state index in [2.05, 4.69) is 30.5 Å². The molecule has 0 amide bonds. The number of halogens is 3. The Kier molecular flexibility index (Phi) is 8.24. The topological polar surface area (TPSA) is 89.7 Å². The molecule has 210 valence electrons. The molecule has 8 nitrogen and oxygen atoms in total. The van der Waals surface area contributed by atoms with Gasteiger partial charge in [0, 0.05) is 30.9 Å². The first-order valence-corrected chi connectivity index (χ1v) is 12.7. The van der Waals surface area contributed by atoms with Crippen LogP contribution in [0.2, 0.25) is 0 Å². The van der Waals surface area contributed by atoms with Crippen LogP contribution in [0.15, 0.2) is 69.5 Å². The average molecular weight is 553 g/mol. The fraction of sp³-hybridized carbons (Fsp3) is 0.310. The second-order valence-corrected chi connectivity index (χ2v) is 9.73. The van der Waals surface area contributed by atoms with E-state index < -0.39 is 11.9 Å². The number of amidine groups is 1. The van der Waals surface area contributed by atoms with Gasteiger partial charge in [-0.2, -0.15) is 13.2 Å². The Hall–Kier alpha value is -4.25. The van der Waals surface area contributed by atoms with Crippen molar-refractivity contribution >= 4 is 18.4 Å². The summed E-state index contributed by atoms with van der Waals surface area (Å²) >= 11 is 0. The quantitative estimate of drug-likeness (QED) is 0.237. The van der Waals surface area contributed by atoms with Crippen molar-refractivity contribution in [3.05, 3.63) is 93.3 Å². The molecule has 0 unspecified atom stereocenters. The Labute approximate surface area is 229 Å². The maximum Gasteiger partial charge on any atom is 0.434 e. The maximum atomic E-state index is 13.2. The Morgan fingerprint density at radius 1 is 1.12 bits per heavy atom. The molecular formula is C29H31F3N6O2. The van der Waals surface area contributed by atoms with Crippen LogP contribution in [0.25, 0.3) is 11.4 Å². The second-order valence-electron chi connectivity index (χ2n) is 9.73. The third kappa shape index (κ3) is 5.69. The highest BCUT2D eigenvalue weighted by Gasteiger charge is 2.35. The van der Waals surface area contributed by atoms with Crippen molar-refractivity contribution in [3.63, 3.8) is 0 Å². The number of hydrogen-bond acceptors (Lipinski definition) is 4. The summed E-state index contributed by atoms with van der Waals surface area (Å²) in [6.07, 6.45) is -3.72. The van der Waals surface area contributed by atoms with Gasteiger partial charge in [0.1, 0.15) is 5.82 Å². The van der Waals surface area contributed by atoms with Gasteiger partial charge in [0.15, 0.2) is 17.3 Å². The van der Waals surface area contributed by atoms with Crippen molar-refractivity contribution in [3.8, 4) is 11.4 Å². The van der Waals surface area contributed by atoms with Gasteiger partial charge >= 0.3 is 11.9 Å². The van der Waals surface area contributed by atoms with E-state index in [1.54, 1.807) is 38.2 Å². The molecule has 1 N–H and O–H groups in total. The zero-order chi connectivity index (χ0) is 29.2. The molecule has 0 radical (unpaired) electrons. The zero-order valence-corrected chi connectivity index (χ0v) is 22.8. The summed E-state index contributed by atoms with van der Waals surface area (Å²) in [7, 11) is 1.67. The fourth-order valence-corrected chi connectivity index (χ4v) is 4.53. The Bertz CT molecular complexity index is 1610. The molecule has 0 saturated heterocycles. The Morgan fingerprint density at radius 3 is 2.40 bits per heavy atom. The minimum Gasteiger partial charge on any atom is -0.395 e. The Balaban J connectivity index is 1.72. The SMILES string of the molecule is C=NC(=Nc1c(C)n(C)c(=O)n1Cc1ccc(-c2nc(C(F)(F)F)cn2CCO)cc1)c1ccccc1C(C)C. The lowest BCUT2D eigenvalue weighted by atomic mass is 9.96. The molecule has 0 spiro atoms. The molecule has 0 atom stereocenters. The van der Waals surface area contributed by atoms with Crippen molar-refractivity contribution < 1.29 is 18.3 Å². The average Bonchev–Trinajstić information content (AvgIpc) is 3.44. The Morgan fingerprint density at radius 2 is 1.80 bits per heavy atom. The molecule has 2 aromatic carbocycles. The molecule has 0 aliphatic heterocycles. The first-order chi connectivity index (χ1) is 19.0. The van der Waals surface area contributed by atoms with Crippen molar-refractivity contribution in [2.24, 2.45) is 17.0 Å². The van der Waals surface area contributed by atoms with E-state index in [-0.39, 0.29) is 37.1 Å². The van der Waals surface area contributed by atoms with Crippen LogP contribution in [0, 0.1) is 6.92 Å². The van der Waals surface area contributed by atoms with Crippen LogP contribution in [-0.2, 0) is 26.3 Å². The van der Waals surface area contributed by atoms with Crippen LogP contribution in [0.5, 0.6) is 0 Å². The smallest absolute Gasteiger partial charge is 0.395 e. The van der Waals surface area contributed by atoms with Gasteiger partial charge in [0.2, 0.25) is 0 Å². The van der Waals surface area contributed by atoms with E-state index in [0.717, 1.165) is 22.9 Å². The molecule has 0 bridgehead atoms. The first kappa shape index (κ1) is 28.8. The van der Waals surface area contributed by atoms with Crippen LogP contribution in [-0.4, -0.2) is 43.0 Å². The van der Waals surface area contributed by atoms with E-state index >= 15 is 0 Å². The predicted octanol–water partition coefficient (Wildman–Crippen LogP) is 5.32. The number of imidazole rings is 2. The van der Waals surface area contributed by atoms with Crippen molar-refractivity contribution in [2.45, 2.75) is 46.0 Å². The van der Waals surface area contributed by atoms with Crippen LogP contribution in [0.4, 0.5) is 19.0 Å². The number of benzene rings is 2.